The molecule has 0 bridgehead atoms. The standard InChI is InChI=1S/C18H20N2O2/c1-22-18-9-5-3-7-16(18)19-12-15(21)13-20-11-10-14-6-2-4-8-17(14)20/h2-11,15,19,21H,12-13H2,1H3. The Morgan fingerprint density at radius 2 is 1.86 bits per heavy atom. The Balaban J connectivity index is 1.64. The predicted octanol–water partition coefficient (Wildman–Crippen LogP) is 3.12. The minimum Gasteiger partial charge on any atom is -0.495 e. The SMILES string of the molecule is COc1ccccc1NCC(O)Cn1ccc2ccccc21. The van der Waals surface area contributed by atoms with Crippen LogP contribution in [0.2, 0.25) is 0 Å². The number of nitrogens with zero attached hydrogens (tertiary/aromatic N) is 1. The molecule has 2 N–H and O–H groups in total. The van der Waals surface area contributed by atoms with E-state index in [1.54, 1.807) is 7.11 Å². The fraction of sp³-hybridized carbons (Fsp3) is 0.222. The van der Waals surface area contributed by atoms with Crippen LogP contribution in [-0.4, -0.2) is 29.4 Å². The topological polar surface area (TPSA) is 46.4 Å². The zero-order chi connectivity index (χ0) is 15.4. The molecule has 0 aliphatic rings. The van der Waals surface area contributed by atoms with Gasteiger partial charge in [-0.05, 0) is 29.7 Å². The summed E-state index contributed by atoms with van der Waals surface area (Å²) in [7, 11) is 1.64. The zero-order valence-corrected chi connectivity index (χ0v) is 12.6. The van der Waals surface area contributed by atoms with Crippen LogP contribution in [0.1, 0.15) is 0 Å². The monoisotopic (exact) mass is 296 g/mol. The molecule has 0 aliphatic carbocycles. The van der Waals surface area contributed by atoms with E-state index in [0.717, 1.165) is 17.0 Å². The Labute approximate surface area is 130 Å². The second-order valence-corrected chi connectivity index (χ2v) is 5.26. The summed E-state index contributed by atoms with van der Waals surface area (Å²) in [6.07, 6.45) is 1.53. The van der Waals surface area contributed by atoms with Crippen molar-refractivity contribution in [3.8, 4) is 5.75 Å². The first-order valence-corrected chi connectivity index (χ1v) is 7.37. The Hall–Kier alpha value is -2.46. The number of benzene rings is 2. The molecule has 1 atom stereocenters. The minimum absolute atomic E-state index is 0.465. The summed E-state index contributed by atoms with van der Waals surface area (Å²) in [4.78, 5) is 0. The van der Waals surface area contributed by atoms with E-state index >= 15 is 0 Å². The van der Waals surface area contributed by atoms with Gasteiger partial charge in [0, 0.05) is 18.3 Å². The van der Waals surface area contributed by atoms with E-state index in [1.807, 2.05) is 42.6 Å². The van der Waals surface area contributed by atoms with Gasteiger partial charge in [0.1, 0.15) is 5.75 Å². The number of rotatable bonds is 6. The molecule has 0 fully saturated rings. The quantitative estimate of drug-likeness (QED) is 0.734. The van der Waals surface area contributed by atoms with Crippen molar-refractivity contribution in [3.63, 3.8) is 0 Å². The van der Waals surface area contributed by atoms with Crippen LogP contribution in [0.15, 0.2) is 60.8 Å². The lowest BCUT2D eigenvalue weighted by atomic mass is 10.2. The Kier molecular flexibility index (Phi) is 4.30. The number of aromatic nitrogens is 1. The highest BCUT2D eigenvalue weighted by molar-refractivity contribution is 5.79. The Morgan fingerprint density at radius 3 is 2.73 bits per heavy atom. The van der Waals surface area contributed by atoms with E-state index in [1.165, 1.54) is 5.39 Å². The average Bonchev–Trinajstić information content (AvgIpc) is 2.96. The molecule has 0 saturated heterocycles. The first-order chi connectivity index (χ1) is 10.8. The summed E-state index contributed by atoms with van der Waals surface area (Å²) in [5.41, 5.74) is 2.03. The maximum Gasteiger partial charge on any atom is 0.141 e. The third kappa shape index (κ3) is 3.07. The second kappa shape index (κ2) is 6.54. The van der Waals surface area contributed by atoms with Gasteiger partial charge in [0.05, 0.1) is 25.4 Å². The van der Waals surface area contributed by atoms with Crippen molar-refractivity contribution in [2.24, 2.45) is 0 Å². The Bertz CT molecular complexity index is 751. The molecule has 2 aromatic carbocycles. The molecule has 3 rings (SSSR count). The molecular formula is C18H20N2O2. The van der Waals surface area contributed by atoms with Gasteiger partial charge in [0.25, 0.3) is 0 Å². The average molecular weight is 296 g/mol. The second-order valence-electron chi connectivity index (χ2n) is 5.26. The van der Waals surface area contributed by atoms with Crippen LogP contribution < -0.4 is 10.1 Å². The zero-order valence-electron chi connectivity index (χ0n) is 12.6. The first-order valence-electron chi connectivity index (χ1n) is 7.37. The molecule has 0 amide bonds. The van der Waals surface area contributed by atoms with Crippen LogP contribution in [0.3, 0.4) is 0 Å². The van der Waals surface area contributed by atoms with Crippen molar-refractivity contribution >= 4 is 16.6 Å². The summed E-state index contributed by atoms with van der Waals surface area (Å²) >= 11 is 0. The third-order valence-electron chi connectivity index (χ3n) is 3.72. The number of anilines is 1. The molecular weight excluding hydrogens is 276 g/mol. The number of para-hydroxylation sites is 3. The number of methoxy groups -OCH3 is 1. The van der Waals surface area contributed by atoms with Crippen molar-refractivity contribution in [2.75, 3.05) is 19.0 Å². The van der Waals surface area contributed by atoms with Gasteiger partial charge in [-0.1, -0.05) is 30.3 Å². The molecule has 1 aromatic heterocycles. The van der Waals surface area contributed by atoms with Crippen molar-refractivity contribution in [2.45, 2.75) is 12.6 Å². The van der Waals surface area contributed by atoms with E-state index in [2.05, 4.69) is 28.1 Å². The summed E-state index contributed by atoms with van der Waals surface area (Å²) in [6.45, 7) is 1.02. The van der Waals surface area contributed by atoms with E-state index in [0.29, 0.717) is 13.1 Å². The predicted molar refractivity (Wildman–Crippen MR) is 89.4 cm³/mol. The van der Waals surface area contributed by atoms with Crippen LogP contribution in [0.25, 0.3) is 10.9 Å². The molecule has 0 spiro atoms. The van der Waals surface area contributed by atoms with Gasteiger partial charge >= 0.3 is 0 Å². The van der Waals surface area contributed by atoms with Gasteiger partial charge in [-0.15, -0.1) is 0 Å². The lowest BCUT2D eigenvalue weighted by molar-refractivity contribution is 0.168. The molecule has 0 aliphatic heterocycles. The molecule has 4 nitrogen and oxygen atoms in total. The highest BCUT2D eigenvalue weighted by atomic mass is 16.5. The highest BCUT2D eigenvalue weighted by Crippen LogP contribution is 2.23. The summed E-state index contributed by atoms with van der Waals surface area (Å²) in [6, 6.07) is 17.9. The van der Waals surface area contributed by atoms with Crippen molar-refractivity contribution in [1.82, 2.24) is 4.57 Å². The molecule has 3 aromatic rings. The fourth-order valence-corrected chi connectivity index (χ4v) is 2.61. The summed E-state index contributed by atoms with van der Waals surface area (Å²) in [5.74, 6) is 0.779. The van der Waals surface area contributed by atoms with Gasteiger partial charge in [-0.25, -0.2) is 0 Å². The largest absolute Gasteiger partial charge is 0.495 e. The molecule has 1 heterocycles. The van der Waals surface area contributed by atoms with Gasteiger partial charge in [0.2, 0.25) is 0 Å². The van der Waals surface area contributed by atoms with Gasteiger partial charge in [-0.3, -0.25) is 0 Å². The molecule has 114 valence electrons. The fourth-order valence-electron chi connectivity index (χ4n) is 2.61. The maximum absolute atomic E-state index is 10.3. The van der Waals surface area contributed by atoms with E-state index < -0.39 is 6.10 Å². The molecule has 4 heteroatoms. The summed E-state index contributed by atoms with van der Waals surface area (Å²) < 4.78 is 7.37. The number of hydrogen-bond acceptors (Lipinski definition) is 3. The van der Waals surface area contributed by atoms with Crippen molar-refractivity contribution in [1.29, 1.82) is 0 Å². The Morgan fingerprint density at radius 1 is 1.09 bits per heavy atom. The van der Waals surface area contributed by atoms with E-state index in [9.17, 15) is 5.11 Å². The summed E-state index contributed by atoms with van der Waals surface area (Å²) in [5, 5.41) is 14.7. The lowest BCUT2D eigenvalue weighted by Gasteiger charge is -2.16. The van der Waals surface area contributed by atoms with Crippen LogP contribution in [0, 0.1) is 0 Å². The highest BCUT2D eigenvalue weighted by Gasteiger charge is 2.09. The van der Waals surface area contributed by atoms with Gasteiger partial charge in [0.15, 0.2) is 0 Å². The molecule has 1 unspecified atom stereocenters. The molecule has 22 heavy (non-hydrogen) atoms. The minimum atomic E-state index is -0.485. The normalized spacial score (nSPS) is 12.3. The van der Waals surface area contributed by atoms with Crippen LogP contribution in [0.5, 0.6) is 5.75 Å². The smallest absolute Gasteiger partial charge is 0.141 e. The van der Waals surface area contributed by atoms with Gasteiger partial charge in [-0.2, -0.15) is 0 Å². The van der Waals surface area contributed by atoms with Crippen LogP contribution in [-0.2, 0) is 6.54 Å². The van der Waals surface area contributed by atoms with Crippen molar-refractivity contribution in [3.05, 3.63) is 60.8 Å². The number of fused-ring (bicyclic) bond motifs is 1. The van der Waals surface area contributed by atoms with Crippen LogP contribution in [0.4, 0.5) is 5.69 Å². The lowest BCUT2D eigenvalue weighted by Crippen LogP contribution is -2.24. The molecule has 0 saturated carbocycles. The van der Waals surface area contributed by atoms with Gasteiger partial charge < -0.3 is 19.7 Å². The number of hydrogen-bond donors (Lipinski definition) is 2. The number of nitrogens with one attached hydrogen (secondary N) is 1. The first kappa shape index (κ1) is 14.5. The van der Waals surface area contributed by atoms with E-state index in [-0.39, 0.29) is 0 Å². The third-order valence-corrected chi connectivity index (χ3v) is 3.72. The van der Waals surface area contributed by atoms with E-state index in [4.69, 9.17) is 4.74 Å². The number of ether oxygens (including phenoxy) is 1. The number of aliphatic hydroxyl groups excluding tert-OH is 1. The van der Waals surface area contributed by atoms with Crippen LogP contribution >= 0.6 is 0 Å². The van der Waals surface area contributed by atoms with Crippen molar-refractivity contribution < 1.29 is 9.84 Å². The molecule has 0 radical (unpaired) electrons. The maximum atomic E-state index is 10.3. The number of aliphatic hydroxyl groups is 1.